The summed E-state index contributed by atoms with van der Waals surface area (Å²) in [5.74, 6) is -0.913. The van der Waals surface area contributed by atoms with Crippen molar-refractivity contribution in [1.29, 1.82) is 0 Å². The molecule has 0 spiro atoms. The molecule has 0 aromatic rings. The van der Waals surface area contributed by atoms with Gasteiger partial charge in [0.2, 0.25) is 5.79 Å². The third-order valence-corrected chi connectivity index (χ3v) is 1.54. The molecule has 0 rings (SSSR count). The average molecular weight is 190 g/mol. The SMILES string of the molecule is CCCCOC(=O)OC(C)(C)OC. The number of rotatable bonds is 5. The molecule has 0 N–H and O–H groups in total. The van der Waals surface area contributed by atoms with Crippen LogP contribution in [0.3, 0.4) is 0 Å². The van der Waals surface area contributed by atoms with Crippen LogP contribution in [0.5, 0.6) is 0 Å². The number of methoxy groups -OCH3 is 1. The molecule has 78 valence electrons. The molecule has 4 nitrogen and oxygen atoms in total. The lowest BCUT2D eigenvalue weighted by Crippen LogP contribution is -2.30. The summed E-state index contributed by atoms with van der Waals surface area (Å²) >= 11 is 0. The Hall–Kier alpha value is -0.770. The van der Waals surface area contributed by atoms with E-state index < -0.39 is 11.9 Å². The molecule has 0 heterocycles. The third kappa shape index (κ3) is 6.40. The predicted molar refractivity (Wildman–Crippen MR) is 48.4 cm³/mol. The zero-order valence-corrected chi connectivity index (χ0v) is 8.75. The van der Waals surface area contributed by atoms with Gasteiger partial charge in [-0.25, -0.2) is 4.79 Å². The van der Waals surface area contributed by atoms with Gasteiger partial charge in [-0.2, -0.15) is 0 Å². The van der Waals surface area contributed by atoms with Crippen LogP contribution in [0.25, 0.3) is 0 Å². The maximum absolute atomic E-state index is 11.0. The summed E-state index contributed by atoms with van der Waals surface area (Å²) in [7, 11) is 1.47. The van der Waals surface area contributed by atoms with Crippen molar-refractivity contribution in [2.45, 2.75) is 39.4 Å². The molecule has 0 aliphatic heterocycles. The Balaban J connectivity index is 3.62. The van der Waals surface area contributed by atoms with Crippen molar-refractivity contribution in [3.8, 4) is 0 Å². The van der Waals surface area contributed by atoms with Crippen molar-refractivity contribution in [1.82, 2.24) is 0 Å². The molecule has 13 heavy (non-hydrogen) atoms. The Morgan fingerprint density at radius 2 is 2.00 bits per heavy atom. The van der Waals surface area contributed by atoms with E-state index in [0.29, 0.717) is 6.61 Å². The van der Waals surface area contributed by atoms with Crippen molar-refractivity contribution < 1.29 is 19.0 Å². The maximum Gasteiger partial charge on any atom is 0.510 e. The van der Waals surface area contributed by atoms with E-state index in [9.17, 15) is 4.79 Å². The minimum Gasteiger partial charge on any atom is -0.434 e. The van der Waals surface area contributed by atoms with Crippen LogP contribution in [-0.2, 0) is 14.2 Å². The van der Waals surface area contributed by atoms with Gasteiger partial charge in [-0.05, 0) is 6.42 Å². The van der Waals surface area contributed by atoms with Crippen LogP contribution in [0.1, 0.15) is 33.6 Å². The van der Waals surface area contributed by atoms with Gasteiger partial charge in [-0.15, -0.1) is 0 Å². The number of unbranched alkanes of at least 4 members (excludes halogenated alkanes) is 1. The van der Waals surface area contributed by atoms with Crippen molar-refractivity contribution in [3.63, 3.8) is 0 Å². The van der Waals surface area contributed by atoms with E-state index in [2.05, 4.69) is 0 Å². The highest BCUT2D eigenvalue weighted by atomic mass is 16.8. The van der Waals surface area contributed by atoms with Crippen LogP contribution in [0.2, 0.25) is 0 Å². The minimum absolute atomic E-state index is 0.398. The van der Waals surface area contributed by atoms with Crippen LogP contribution in [0.4, 0.5) is 4.79 Å². The molecule has 0 aliphatic rings. The third-order valence-electron chi connectivity index (χ3n) is 1.54. The van der Waals surface area contributed by atoms with Crippen molar-refractivity contribution in [3.05, 3.63) is 0 Å². The second-order valence-electron chi connectivity index (χ2n) is 3.16. The Labute approximate surface area is 79.2 Å². The Kier molecular flexibility index (Phi) is 5.46. The average Bonchev–Trinajstić information content (AvgIpc) is 2.04. The monoisotopic (exact) mass is 190 g/mol. The fraction of sp³-hybridized carbons (Fsp3) is 0.889. The van der Waals surface area contributed by atoms with Crippen molar-refractivity contribution >= 4 is 6.16 Å². The lowest BCUT2D eigenvalue weighted by molar-refractivity contribution is -0.172. The van der Waals surface area contributed by atoms with Gasteiger partial charge >= 0.3 is 6.16 Å². The quantitative estimate of drug-likeness (QED) is 0.379. The van der Waals surface area contributed by atoms with Gasteiger partial charge in [0, 0.05) is 21.0 Å². The number of hydrogen-bond acceptors (Lipinski definition) is 4. The fourth-order valence-corrected chi connectivity index (χ4v) is 0.572. The van der Waals surface area contributed by atoms with Crippen LogP contribution in [0.15, 0.2) is 0 Å². The number of carbonyl (C=O) groups excluding carboxylic acids is 1. The first-order valence-electron chi connectivity index (χ1n) is 4.42. The zero-order chi connectivity index (χ0) is 10.3. The van der Waals surface area contributed by atoms with E-state index >= 15 is 0 Å². The molecule has 4 heteroatoms. The van der Waals surface area contributed by atoms with E-state index in [-0.39, 0.29) is 0 Å². The second kappa shape index (κ2) is 5.80. The van der Waals surface area contributed by atoms with Gasteiger partial charge < -0.3 is 14.2 Å². The summed E-state index contributed by atoms with van der Waals surface area (Å²) in [5, 5.41) is 0. The first-order chi connectivity index (χ1) is 6.02. The summed E-state index contributed by atoms with van der Waals surface area (Å²) in [5.41, 5.74) is 0. The summed E-state index contributed by atoms with van der Waals surface area (Å²) < 4.78 is 14.5. The number of hydrogen-bond donors (Lipinski definition) is 0. The maximum atomic E-state index is 11.0. The first-order valence-corrected chi connectivity index (χ1v) is 4.42. The summed E-state index contributed by atoms with van der Waals surface area (Å²) in [6.07, 6.45) is 1.16. The summed E-state index contributed by atoms with van der Waals surface area (Å²) in [6.45, 7) is 5.71. The fourth-order valence-electron chi connectivity index (χ4n) is 0.572. The van der Waals surface area contributed by atoms with Gasteiger partial charge in [-0.3, -0.25) is 0 Å². The van der Waals surface area contributed by atoms with Crippen LogP contribution < -0.4 is 0 Å². The topological polar surface area (TPSA) is 44.8 Å². The molecule has 0 unspecified atom stereocenters. The van der Waals surface area contributed by atoms with Crippen molar-refractivity contribution in [2.75, 3.05) is 13.7 Å². The molecular weight excluding hydrogens is 172 g/mol. The number of ether oxygens (including phenoxy) is 3. The Morgan fingerprint density at radius 3 is 2.46 bits per heavy atom. The van der Waals surface area contributed by atoms with Gasteiger partial charge in [0.25, 0.3) is 0 Å². The highest BCUT2D eigenvalue weighted by molar-refractivity contribution is 5.60. The molecule has 0 saturated carbocycles. The molecule has 0 radical (unpaired) electrons. The Bertz CT molecular complexity index is 154. The highest BCUT2D eigenvalue weighted by Crippen LogP contribution is 2.10. The van der Waals surface area contributed by atoms with Gasteiger partial charge in [0.1, 0.15) is 0 Å². The van der Waals surface area contributed by atoms with E-state index in [0.717, 1.165) is 12.8 Å². The lowest BCUT2D eigenvalue weighted by Gasteiger charge is -2.22. The molecule has 0 fully saturated rings. The molecular formula is C9H18O4. The first kappa shape index (κ1) is 12.2. The highest BCUT2D eigenvalue weighted by Gasteiger charge is 2.22. The smallest absolute Gasteiger partial charge is 0.434 e. The summed E-state index contributed by atoms with van der Waals surface area (Å²) in [4.78, 5) is 11.0. The minimum atomic E-state index is -0.913. The Morgan fingerprint density at radius 1 is 1.38 bits per heavy atom. The van der Waals surface area contributed by atoms with E-state index in [1.54, 1.807) is 13.8 Å². The molecule has 0 aromatic heterocycles. The molecule has 0 bridgehead atoms. The van der Waals surface area contributed by atoms with E-state index in [1.165, 1.54) is 7.11 Å². The molecule has 0 atom stereocenters. The van der Waals surface area contributed by atoms with E-state index in [4.69, 9.17) is 14.2 Å². The van der Waals surface area contributed by atoms with Crippen molar-refractivity contribution in [2.24, 2.45) is 0 Å². The lowest BCUT2D eigenvalue weighted by atomic mass is 10.4. The van der Waals surface area contributed by atoms with Gasteiger partial charge in [0.15, 0.2) is 0 Å². The van der Waals surface area contributed by atoms with Crippen LogP contribution in [0, 0.1) is 0 Å². The number of carbonyl (C=O) groups is 1. The second-order valence-corrected chi connectivity index (χ2v) is 3.16. The molecule has 0 aromatic carbocycles. The van der Waals surface area contributed by atoms with Gasteiger partial charge in [0.05, 0.1) is 6.61 Å². The molecule has 0 amide bonds. The largest absolute Gasteiger partial charge is 0.510 e. The predicted octanol–water partition coefficient (Wildman–Crippen LogP) is 2.32. The van der Waals surface area contributed by atoms with Crippen LogP contribution in [-0.4, -0.2) is 25.7 Å². The molecule has 0 saturated heterocycles. The summed E-state index contributed by atoms with van der Waals surface area (Å²) in [6, 6.07) is 0. The van der Waals surface area contributed by atoms with E-state index in [1.807, 2.05) is 6.92 Å². The molecule has 0 aliphatic carbocycles. The normalized spacial score (nSPS) is 11.1. The van der Waals surface area contributed by atoms with Crippen LogP contribution >= 0.6 is 0 Å². The zero-order valence-electron chi connectivity index (χ0n) is 8.75. The van der Waals surface area contributed by atoms with Gasteiger partial charge in [-0.1, -0.05) is 13.3 Å². The standard InChI is InChI=1S/C9H18O4/c1-5-6-7-12-8(10)13-9(2,3)11-4/h5-7H2,1-4H3.